The van der Waals surface area contributed by atoms with E-state index < -0.39 is 0 Å². The smallest absolute Gasteiger partial charge is 0.256 e. The van der Waals surface area contributed by atoms with Crippen LogP contribution in [0, 0.1) is 0 Å². The maximum absolute atomic E-state index is 12.6. The number of hydrogen-bond acceptors (Lipinski definition) is 4. The number of aryl methyl sites for hydroxylation is 1. The van der Waals surface area contributed by atoms with Crippen LogP contribution in [0.1, 0.15) is 15.9 Å². The van der Waals surface area contributed by atoms with Crippen LogP contribution in [0.3, 0.4) is 0 Å². The maximum atomic E-state index is 12.6. The fourth-order valence-electron chi connectivity index (χ4n) is 3.21. The molecular formula is C20H20B3N5O. The predicted octanol–water partition coefficient (Wildman–Crippen LogP) is 0.292. The summed E-state index contributed by atoms with van der Waals surface area (Å²) in [5.74, 6) is 0.214. The van der Waals surface area contributed by atoms with Gasteiger partial charge in [0.05, 0.1) is 47.3 Å². The minimum absolute atomic E-state index is 0.0460. The van der Waals surface area contributed by atoms with E-state index in [2.05, 4.69) is 44.0 Å². The number of carbonyl (C=O) groups excluding carboxylic acids is 1. The highest BCUT2D eigenvalue weighted by atomic mass is 16.1. The van der Waals surface area contributed by atoms with Crippen molar-refractivity contribution in [2.45, 2.75) is 5.11 Å². The summed E-state index contributed by atoms with van der Waals surface area (Å²) < 4.78 is 1.96. The van der Waals surface area contributed by atoms with Crippen LogP contribution in [-0.2, 0) is 12.2 Å². The van der Waals surface area contributed by atoms with Gasteiger partial charge in [-0.2, -0.15) is 0 Å². The van der Waals surface area contributed by atoms with E-state index in [1.807, 2.05) is 66.3 Å². The number of nitrogens with zero attached hydrogens (tertiary/aromatic N) is 4. The second kappa shape index (κ2) is 7.24. The fourth-order valence-corrected chi connectivity index (χ4v) is 3.21. The van der Waals surface area contributed by atoms with Crippen LogP contribution in [0.4, 0.5) is 5.82 Å². The van der Waals surface area contributed by atoms with Crippen LogP contribution in [0.2, 0.25) is 0 Å². The Hall–Kier alpha value is -3.35. The molecule has 0 saturated carbocycles. The molecule has 0 atom stereocenters. The van der Waals surface area contributed by atoms with Gasteiger partial charge in [-0.3, -0.25) is 4.79 Å². The molecule has 0 unspecified atom stereocenters. The SMILES string of the molecule is BC(B)(B)c1ccc(C(=O)Nc2cc3cc(-c4cncn4C)ccc3nn2)cc1. The largest absolute Gasteiger partial charge is 0.334 e. The van der Waals surface area contributed by atoms with E-state index in [9.17, 15) is 4.79 Å². The first-order valence-corrected chi connectivity index (χ1v) is 9.47. The Morgan fingerprint density at radius 2 is 1.79 bits per heavy atom. The number of carbonyl (C=O) groups is 1. The van der Waals surface area contributed by atoms with Gasteiger partial charge in [-0.1, -0.05) is 28.9 Å². The van der Waals surface area contributed by atoms with Gasteiger partial charge in [-0.25, -0.2) is 4.98 Å². The molecular weight excluding hydrogens is 359 g/mol. The van der Waals surface area contributed by atoms with Crippen LogP contribution in [-0.4, -0.2) is 49.2 Å². The molecule has 0 saturated heterocycles. The molecule has 0 aliphatic heterocycles. The average Bonchev–Trinajstić information content (AvgIpc) is 3.13. The van der Waals surface area contributed by atoms with Crippen molar-refractivity contribution in [1.82, 2.24) is 19.7 Å². The van der Waals surface area contributed by atoms with Crippen LogP contribution in [0.5, 0.6) is 0 Å². The molecule has 140 valence electrons. The Labute approximate surface area is 172 Å². The van der Waals surface area contributed by atoms with E-state index in [0.29, 0.717) is 11.4 Å². The van der Waals surface area contributed by atoms with Crippen molar-refractivity contribution in [3.05, 3.63) is 72.2 Å². The topological polar surface area (TPSA) is 72.7 Å². The lowest BCUT2D eigenvalue weighted by Crippen LogP contribution is -2.27. The first kappa shape index (κ1) is 19.0. The van der Waals surface area contributed by atoms with Gasteiger partial charge in [-0.15, -0.1) is 10.2 Å². The lowest BCUT2D eigenvalue weighted by atomic mass is 9.40. The molecule has 0 aliphatic rings. The number of aromatic nitrogens is 4. The van der Waals surface area contributed by atoms with Gasteiger partial charge in [-0.05, 0) is 30.3 Å². The van der Waals surface area contributed by atoms with Crippen LogP contribution in [0.15, 0.2) is 61.1 Å². The van der Waals surface area contributed by atoms with Gasteiger partial charge in [0, 0.05) is 23.6 Å². The van der Waals surface area contributed by atoms with Gasteiger partial charge >= 0.3 is 0 Å². The lowest BCUT2D eigenvalue weighted by Gasteiger charge is -2.18. The molecule has 1 amide bonds. The summed E-state index contributed by atoms with van der Waals surface area (Å²) in [7, 11) is 8.39. The summed E-state index contributed by atoms with van der Waals surface area (Å²) >= 11 is 0. The highest BCUT2D eigenvalue weighted by Gasteiger charge is 2.15. The molecule has 0 radical (unpaired) electrons. The summed E-state index contributed by atoms with van der Waals surface area (Å²) in [5, 5.41) is 12.2. The molecule has 1 N–H and O–H groups in total. The van der Waals surface area contributed by atoms with Crippen molar-refractivity contribution in [2.75, 3.05) is 5.32 Å². The van der Waals surface area contributed by atoms with E-state index in [0.717, 1.165) is 22.2 Å². The number of imidazole rings is 1. The van der Waals surface area contributed by atoms with E-state index in [1.165, 1.54) is 5.56 Å². The third kappa shape index (κ3) is 3.94. The normalized spacial score (nSPS) is 11.5. The number of benzene rings is 2. The third-order valence-corrected chi connectivity index (χ3v) is 4.95. The zero-order chi connectivity index (χ0) is 20.6. The monoisotopic (exact) mass is 379 g/mol. The van der Waals surface area contributed by atoms with Crippen LogP contribution in [0.25, 0.3) is 22.2 Å². The lowest BCUT2D eigenvalue weighted by molar-refractivity contribution is 0.102. The van der Waals surface area contributed by atoms with E-state index in [4.69, 9.17) is 0 Å². The highest BCUT2D eigenvalue weighted by molar-refractivity contribution is 6.58. The van der Waals surface area contributed by atoms with Crippen molar-refractivity contribution >= 4 is 46.2 Å². The first-order valence-electron chi connectivity index (χ1n) is 9.47. The number of rotatable bonds is 4. The van der Waals surface area contributed by atoms with Crippen molar-refractivity contribution < 1.29 is 4.79 Å². The summed E-state index contributed by atoms with van der Waals surface area (Å²) in [6, 6.07) is 15.4. The molecule has 2 aromatic carbocycles. The molecule has 0 spiro atoms. The quantitative estimate of drug-likeness (QED) is 0.518. The Bertz CT molecular complexity index is 1200. The van der Waals surface area contributed by atoms with Crippen LogP contribution < -0.4 is 5.32 Å². The molecule has 2 heterocycles. The Morgan fingerprint density at radius 3 is 2.45 bits per heavy atom. The average molecular weight is 379 g/mol. The summed E-state index contributed by atoms with van der Waals surface area (Å²) in [6.45, 7) is 0. The van der Waals surface area contributed by atoms with Gasteiger partial charge in [0.15, 0.2) is 5.82 Å². The van der Waals surface area contributed by atoms with Gasteiger partial charge in [0.1, 0.15) is 0 Å². The highest BCUT2D eigenvalue weighted by Crippen LogP contribution is 2.24. The first-order chi connectivity index (χ1) is 13.8. The van der Waals surface area contributed by atoms with Crippen LogP contribution >= 0.6 is 0 Å². The standard InChI is InChI=1S/C20H20B3N5O/c1-28-11-24-10-17(28)13-4-7-16-14(8-13)9-18(27-26-16)25-19(29)12-2-5-15(6-3-12)20(21,22)23/h2-11H,21-23H2,1H3,(H,25,27,29). The molecule has 29 heavy (non-hydrogen) atoms. The predicted molar refractivity (Wildman–Crippen MR) is 123 cm³/mol. The number of nitrogens with one attached hydrogen (secondary N) is 1. The van der Waals surface area contributed by atoms with Gasteiger partial charge in [0.25, 0.3) is 5.91 Å². The van der Waals surface area contributed by atoms with Crippen molar-refractivity contribution in [1.29, 1.82) is 0 Å². The summed E-state index contributed by atoms with van der Waals surface area (Å²) in [5.41, 5.74) is 4.57. The molecule has 2 aromatic heterocycles. The minimum Gasteiger partial charge on any atom is -0.334 e. The fraction of sp³-hybridized carbons (Fsp3) is 0.100. The summed E-state index contributed by atoms with van der Waals surface area (Å²) in [4.78, 5) is 16.8. The summed E-state index contributed by atoms with van der Waals surface area (Å²) in [6.07, 6.45) is 3.58. The number of anilines is 1. The molecule has 0 fully saturated rings. The second-order valence-electron chi connectivity index (χ2n) is 8.17. The third-order valence-electron chi connectivity index (χ3n) is 4.95. The van der Waals surface area contributed by atoms with Gasteiger partial charge in [0.2, 0.25) is 0 Å². The zero-order valence-electron chi connectivity index (χ0n) is 17.0. The Balaban J connectivity index is 1.59. The number of amides is 1. The van der Waals surface area contributed by atoms with Crippen molar-refractivity contribution in [2.24, 2.45) is 7.05 Å². The number of fused-ring (bicyclic) bond motifs is 1. The van der Waals surface area contributed by atoms with Crippen molar-refractivity contribution in [3.63, 3.8) is 0 Å². The van der Waals surface area contributed by atoms with E-state index >= 15 is 0 Å². The Kier molecular flexibility index (Phi) is 4.74. The van der Waals surface area contributed by atoms with E-state index in [-0.39, 0.29) is 11.0 Å². The molecule has 4 rings (SSSR count). The number of hydrogen-bond donors (Lipinski definition) is 1. The molecule has 0 bridgehead atoms. The molecule has 4 aromatic rings. The maximum Gasteiger partial charge on any atom is 0.256 e. The van der Waals surface area contributed by atoms with Gasteiger partial charge < -0.3 is 9.88 Å². The van der Waals surface area contributed by atoms with E-state index in [1.54, 1.807) is 6.33 Å². The van der Waals surface area contributed by atoms with Crippen molar-refractivity contribution in [3.8, 4) is 11.3 Å². The Morgan fingerprint density at radius 1 is 1.03 bits per heavy atom. The second-order valence-corrected chi connectivity index (χ2v) is 8.17. The zero-order valence-corrected chi connectivity index (χ0v) is 17.0. The minimum atomic E-state index is -0.207. The molecule has 9 heteroatoms. The molecule has 0 aliphatic carbocycles. The molecule has 6 nitrogen and oxygen atoms in total.